The maximum atomic E-state index is 12.6. The summed E-state index contributed by atoms with van der Waals surface area (Å²) in [5.41, 5.74) is 0.965. The molecule has 2 heterocycles. The zero-order chi connectivity index (χ0) is 20.8. The van der Waals surface area contributed by atoms with Gasteiger partial charge in [0.15, 0.2) is 0 Å². The number of para-hydroxylation sites is 1. The quantitative estimate of drug-likeness (QED) is 0.773. The van der Waals surface area contributed by atoms with Crippen LogP contribution in [0.25, 0.3) is 0 Å². The summed E-state index contributed by atoms with van der Waals surface area (Å²) in [6, 6.07) is 8.16. The average molecular weight is 399 g/mol. The number of carbonyl (C=O) groups excluding carboxylic acids is 1. The molecule has 0 spiro atoms. The number of nitrogens with zero attached hydrogens (tertiary/aromatic N) is 3. The zero-order valence-corrected chi connectivity index (χ0v) is 17.5. The van der Waals surface area contributed by atoms with Crippen molar-refractivity contribution in [2.24, 2.45) is 5.92 Å². The number of carbonyl (C=O) groups is 1. The minimum atomic E-state index is -0.375. The number of likely N-dealkylation sites (tertiary alicyclic amines) is 1. The molecule has 2 aromatic rings. The first kappa shape index (κ1) is 21.0. The molecule has 0 bridgehead atoms. The molecule has 7 heteroatoms. The van der Waals surface area contributed by atoms with E-state index in [1.54, 1.807) is 26.0 Å². The summed E-state index contributed by atoms with van der Waals surface area (Å²) < 4.78 is 5.43. The molecule has 0 aliphatic carbocycles. The van der Waals surface area contributed by atoms with Crippen molar-refractivity contribution in [1.82, 2.24) is 19.8 Å². The maximum absolute atomic E-state index is 12.6. The molecule has 3 rings (SSSR count). The van der Waals surface area contributed by atoms with Gasteiger partial charge in [-0.15, -0.1) is 0 Å². The third-order valence-electron chi connectivity index (χ3n) is 5.63. The molecule has 0 unspecified atom stereocenters. The lowest BCUT2D eigenvalue weighted by atomic mass is 9.95. The molecule has 1 aromatic heterocycles. The highest BCUT2D eigenvalue weighted by Gasteiger charge is 2.23. The zero-order valence-electron chi connectivity index (χ0n) is 17.5. The van der Waals surface area contributed by atoms with E-state index in [9.17, 15) is 9.59 Å². The summed E-state index contributed by atoms with van der Waals surface area (Å²) in [4.78, 5) is 35.3. The highest BCUT2D eigenvalue weighted by Crippen LogP contribution is 2.21. The second-order valence-electron chi connectivity index (χ2n) is 7.74. The maximum Gasteiger partial charge on any atom is 0.263 e. The van der Waals surface area contributed by atoms with Crippen LogP contribution in [0.1, 0.15) is 34.6 Å². The third kappa shape index (κ3) is 5.44. The van der Waals surface area contributed by atoms with Gasteiger partial charge < -0.3 is 19.5 Å². The lowest BCUT2D eigenvalue weighted by Crippen LogP contribution is -2.41. The van der Waals surface area contributed by atoms with Crippen molar-refractivity contribution in [3.05, 3.63) is 57.8 Å². The van der Waals surface area contributed by atoms with Gasteiger partial charge in [-0.2, -0.15) is 0 Å². The van der Waals surface area contributed by atoms with E-state index in [2.05, 4.69) is 20.9 Å². The minimum Gasteiger partial charge on any atom is -0.496 e. The molecule has 29 heavy (non-hydrogen) atoms. The Kier molecular flexibility index (Phi) is 7.04. The van der Waals surface area contributed by atoms with Crippen molar-refractivity contribution < 1.29 is 9.53 Å². The van der Waals surface area contributed by atoms with Crippen LogP contribution in [0.3, 0.4) is 0 Å². The number of aromatic amines is 1. The summed E-state index contributed by atoms with van der Waals surface area (Å²) in [5, 5.41) is 0. The van der Waals surface area contributed by atoms with Crippen LogP contribution in [0.5, 0.6) is 5.75 Å². The lowest BCUT2D eigenvalue weighted by molar-refractivity contribution is 0.0738. The van der Waals surface area contributed by atoms with Crippen LogP contribution in [0, 0.1) is 12.8 Å². The van der Waals surface area contributed by atoms with Gasteiger partial charge >= 0.3 is 0 Å². The van der Waals surface area contributed by atoms with E-state index in [4.69, 9.17) is 4.74 Å². The van der Waals surface area contributed by atoms with E-state index in [0.717, 1.165) is 44.6 Å². The number of hydrogen-bond acceptors (Lipinski definition) is 5. The Morgan fingerprint density at radius 1 is 1.31 bits per heavy atom. The van der Waals surface area contributed by atoms with Gasteiger partial charge in [0.05, 0.1) is 7.11 Å². The minimum absolute atomic E-state index is 0.104. The van der Waals surface area contributed by atoms with Crippen molar-refractivity contribution >= 4 is 5.91 Å². The predicted octanol–water partition coefficient (Wildman–Crippen LogP) is 2.11. The normalized spacial score (nSPS) is 15.3. The fourth-order valence-corrected chi connectivity index (χ4v) is 3.89. The van der Waals surface area contributed by atoms with Crippen LogP contribution in [-0.2, 0) is 6.42 Å². The molecule has 1 saturated heterocycles. The van der Waals surface area contributed by atoms with Gasteiger partial charge in [-0.25, -0.2) is 4.98 Å². The monoisotopic (exact) mass is 398 g/mol. The van der Waals surface area contributed by atoms with Gasteiger partial charge in [-0.05, 0) is 56.8 Å². The van der Waals surface area contributed by atoms with Gasteiger partial charge in [0.25, 0.3) is 11.5 Å². The van der Waals surface area contributed by atoms with Crippen molar-refractivity contribution in [3.63, 3.8) is 0 Å². The number of aryl methyl sites for hydroxylation is 1. The number of ether oxygens (including phenoxy) is 1. The summed E-state index contributed by atoms with van der Waals surface area (Å²) in [6.45, 7) is 5.41. The van der Waals surface area contributed by atoms with E-state index >= 15 is 0 Å². The van der Waals surface area contributed by atoms with Crippen molar-refractivity contribution in [1.29, 1.82) is 0 Å². The first-order chi connectivity index (χ1) is 14.0. The van der Waals surface area contributed by atoms with E-state index in [0.29, 0.717) is 18.3 Å². The molecular formula is C22H30N4O3. The van der Waals surface area contributed by atoms with Crippen molar-refractivity contribution in [2.75, 3.05) is 40.3 Å². The molecule has 156 valence electrons. The number of amides is 1. The molecule has 1 N–H and O–H groups in total. The number of H-pyrrole nitrogens is 1. The molecule has 1 aliphatic heterocycles. The van der Waals surface area contributed by atoms with Gasteiger partial charge in [0.1, 0.15) is 17.1 Å². The summed E-state index contributed by atoms with van der Waals surface area (Å²) >= 11 is 0. The van der Waals surface area contributed by atoms with Gasteiger partial charge in [-0.3, -0.25) is 9.59 Å². The second-order valence-corrected chi connectivity index (χ2v) is 7.74. The fourth-order valence-electron chi connectivity index (χ4n) is 3.89. The van der Waals surface area contributed by atoms with Crippen LogP contribution in [0.15, 0.2) is 35.3 Å². The first-order valence-corrected chi connectivity index (χ1v) is 10.1. The average Bonchev–Trinajstić information content (AvgIpc) is 2.73. The topological polar surface area (TPSA) is 78.5 Å². The number of nitrogens with one attached hydrogen (secondary N) is 1. The molecule has 1 aromatic carbocycles. The van der Waals surface area contributed by atoms with Crippen LogP contribution in [-0.4, -0.2) is 66.0 Å². The number of benzene rings is 1. The number of rotatable bonds is 7. The Morgan fingerprint density at radius 3 is 2.72 bits per heavy atom. The summed E-state index contributed by atoms with van der Waals surface area (Å²) in [6.07, 6.45) is 4.43. The van der Waals surface area contributed by atoms with Crippen LogP contribution in [0.2, 0.25) is 0 Å². The standard InChI is InChI=1S/C22H30N4O3/c1-16-23-14-19(21(27)24-16)22(28)25(2)15-17-8-11-26(12-9-17)13-10-18-6-4-5-7-20(18)29-3/h4-7,14,17H,8-13,15H2,1-3H3,(H,23,24,27). The van der Waals surface area contributed by atoms with Gasteiger partial charge in [0, 0.05) is 26.3 Å². The van der Waals surface area contributed by atoms with E-state index in [1.807, 2.05) is 18.2 Å². The Hall–Kier alpha value is -2.67. The molecule has 0 radical (unpaired) electrons. The van der Waals surface area contributed by atoms with Crippen LogP contribution >= 0.6 is 0 Å². The Bertz CT molecular complexity index is 888. The molecule has 1 amide bonds. The molecular weight excluding hydrogens is 368 g/mol. The summed E-state index contributed by atoms with van der Waals surface area (Å²) in [5.74, 6) is 1.64. The highest BCUT2D eigenvalue weighted by atomic mass is 16.5. The second kappa shape index (κ2) is 9.69. The van der Waals surface area contributed by atoms with Crippen molar-refractivity contribution in [2.45, 2.75) is 26.2 Å². The van der Waals surface area contributed by atoms with Crippen LogP contribution < -0.4 is 10.3 Å². The Balaban J connectivity index is 1.46. The number of methoxy groups -OCH3 is 1. The SMILES string of the molecule is COc1ccccc1CCN1CCC(CN(C)C(=O)c2cnc(C)[nH]c2=O)CC1. The largest absolute Gasteiger partial charge is 0.496 e. The molecule has 7 nitrogen and oxygen atoms in total. The van der Waals surface area contributed by atoms with Crippen LogP contribution in [0.4, 0.5) is 0 Å². The third-order valence-corrected chi connectivity index (χ3v) is 5.63. The number of piperidine rings is 1. The lowest BCUT2D eigenvalue weighted by Gasteiger charge is -2.34. The first-order valence-electron chi connectivity index (χ1n) is 10.1. The Morgan fingerprint density at radius 2 is 2.03 bits per heavy atom. The predicted molar refractivity (Wildman–Crippen MR) is 112 cm³/mol. The van der Waals surface area contributed by atoms with E-state index < -0.39 is 0 Å². The fraction of sp³-hybridized carbons (Fsp3) is 0.500. The molecule has 0 saturated carbocycles. The smallest absolute Gasteiger partial charge is 0.263 e. The van der Waals surface area contributed by atoms with Gasteiger partial charge in [-0.1, -0.05) is 18.2 Å². The molecule has 1 fully saturated rings. The number of hydrogen-bond donors (Lipinski definition) is 1. The number of aromatic nitrogens is 2. The van der Waals surface area contributed by atoms with E-state index in [1.165, 1.54) is 11.8 Å². The molecule has 1 aliphatic rings. The van der Waals surface area contributed by atoms with E-state index in [-0.39, 0.29) is 17.0 Å². The Labute approximate surface area is 171 Å². The molecule has 0 atom stereocenters. The van der Waals surface area contributed by atoms with Gasteiger partial charge in [0.2, 0.25) is 0 Å². The highest BCUT2D eigenvalue weighted by molar-refractivity contribution is 5.93. The van der Waals surface area contributed by atoms with Crippen molar-refractivity contribution in [3.8, 4) is 5.75 Å². The summed E-state index contributed by atoms with van der Waals surface area (Å²) in [7, 11) is 3.47.